The van der Waals surface area contributed by atoms with Crippen molar-refractivity contribution in [2.45, 2.75) is 0 Å². The molecule has 0 spiro atoms. The highest BCUT2D eigenvalue weighted by atomic mass is 15.0. The number of nitrogens with zero attached hydrogens (tertiary/aromatic N) is 2. The number of aromatic nitrogens is 2. The van der Waals surface area contributed by atoms with Crippen LogP contribution >= 0.6 is 0 Å². The first-order valence-corrected chi connectivity index (χ1v) is 17.2. The van der Waals surface area contributed by atoms with Gasteiger partial charge in [-0.25, -0.2) is 0 Å². The van der Waals surface area contributed by atoms with E-state index in [1.165, 1.54) is 77.1 Å². The van der Waals surface area contributed by atoms with Crippen molar-refractivity contribution in [3.8, 4) is 44.8 Å². The van der Waals surface area contributed by atoms with Crippen LogP contribution in [0.15, 0.2) is 194 Å². The van der Waals surface area contributed by atoms with Crippen molar-refractivity contribution in [2.24, 2.45) is 0 Å². The summed E-state index contributed by atoms with van der Waals surface area (Å²) in [6, 6.07) is 70.5. The minimum absolute atomic E-state index is 1.16. The van der Waals surface area contributed by atoms with Crippen LogP contribution in [0.1, 0.15) is 0 Å². The minimum Gasteiger partial charge on any atom is -0.309 e. The van der Waals surface area contributed by atoms with E-state index in [1.54, 1.807) is 0 Å². The lowest BCUT2D eigenvalue weighted by molar-refractivity contribution is 1.17. The van der Waals surface area contributed by atoms with Crippen LogP contribution in [0.5, 0.6) is 0 Å². The average Bonchev–Trinajstić information content (AvgIpc) is 3.71. The van der Waals surface area contributed by atoms with Crippen LogP contribution in [0.25, 0.3) is 88.4 Å². The minimum atomic E-state index is 1.16. The molecule has 8 aromatic carbocycles. The van der Waals surface area contributed by atoms with Crippen LogP contribution in [-0.4, -0.2) is 9.13 Å². The van der Waals surface area contributed by atoms with Gasteiger partial charge in [-0.05, 0) is 47.0 Å². The van der Waals surface area contributed by atoms with Crippen LogP contribution in [-0.2, 0) is 0 Å². The van der Waals surface area contributed by atoms with E-state index in [0.717, 1.165) is 11.3 Å². The quantitative estimate of drug-likeness (QED) is 0.178. The van der Waals surface area contributed by atoms with Gasteiger partial charge in [0.2, 0.25) is 0 Å². The van der Waals surface area contributed by atoms with Crippen molar-refractivity contribution < 1.29 is 0 Å². The second-order valence-corrected chi connectivity index (χ2v) is 12.9. The highest BCUT2D eigenvalue weighted by molar-refractivity contribution is 6.11. The topological polar surface area (TPSA) is 9.86 Å². The smallest absolute Gasteiger partial charge is 0.0618 e. The highest BCUT2D eigenvalue weighted by Gasteiger charge is 2.21. The molecular weight excluding hydrogens is 605 g/mol. The first-order valence-electron chi connectivity index (χ1n) is 17.2. The van der Waals surface area contributed by atoms with E-state index in [2.05, 4.69) is 203 Å². The molecule has 2 heteroatoms. The van der Waals surface area contributed by atoms with Crippen molar-refractivity contribution in [1.82, 2.24) is 9.13 Å². The van der Waals surface area contributed by atoms with Crippen LogP contribution in [0.3, 0.4) is 0 Å². The third-order valence-corrected chi connectivity index (χ3v) is 10.1. The summed E-state index contributed by atoms with van der Waals surface area (Å²) >= 11 is 0. The Morgan fingerprint density at radius 1 is 0.260 bits per heavy atom. The van der Waals surface area contributed by atoms with Gasteiger partial charge in [-0.3, -0.25) is 0 Å². The summed E-state index contributed by atoms with van der Waals surface area (Å²) in [4.78, 5) is 0. The maximum atomic E-state index is 2.48. The molecule has 0 aliphatic heterocycles. The van der Waals surface area contributed by atoms with Crippen molar-refractivity contribution in [3.63, 3.8) is 0 Å². The van der Waals surface area contributed by atoms with E-state index in [-0.39, 0.29) is 0 Å². The van der Waals surface area contributed by atoms with Crippen molar-refractivity contribution >= 4 is 43.6 Å². The molecule has 2 nitrogen and oxygen atoms in total. The van der Waals surface area contributed by atoms with Gasteiger partial charge in [0.25, 0.3) is 0 Å². The molecule has 10 rings (SSSR count). The Balaban J connectivity index is 1.33. The molecule has 0 radical (unpaired) electrons. The summed E-state index contributed by atoms with van der Waals surface area (Å²) in [5.74, 6) is 0. The first-order chi connectivity index (χ1) is 24.8. The summed E-state index contributed by atoms with van der Waals surface area (Å²) in [6.45, 7) is 0. The molecule has 0 atom stereocenters. The van der Waals surface area contributed by atoms with E-state index in [9.17, 15) is 0 Å². The molecule has 0 bridgehead atoms. The lowest BCUT2D eigenvalue weighted by Gasteiger charge is -2.21. The molecule has 0 saturated carbocycles. The van der Waals surface area contributed by atoms with Gasteiger partial charge in [-0.2, -0.15) is 0 Å². The zero-order valence-corrected chi connectivity index (χ0v) is 27.4. The maximum absolute atomic E-state index is 2.48. The fraction of sp³-hybridized carbons (Fsp3) is 0. The van der Waals surface area contributed by atoms with Gasteiger partial charge in [0.1, 0.15) is 0 Å². The molecule has 0 unspecified atom stereocenters. The lowest BCUT2D eigenvalue weighted by atomic mass is 9.93. The van der Waals surface area contributed by atoms with E-state index >= 15 is 0 Å². The Labute approximate surface area is 290 Å². The average molecular weight is 637 g/mol. The molecule has 234 valence electrons. The van der Waals surface area contributed by atoms with Crippen LogP contribution in [0.4, 0.5) is 0 Å². The first kappa shape index (κ1) is 28.4. The van der Waals surface area contributed by atoms with E-state index in [0.29, 0.717) is 0 Å². The summed E-state index contributed by atoms with van der Waals surface area (Å²) in [5.41, 5.74) is 14.2. The van der Waals surface area contributed by atoms with Gasteiger partial charge in [-0.1, -0.05) is 164 Å². The summed E-state index contributed by atoms with van der Waals surface area (Å²) in [7, 11) is 0. The predicted octanol–water partition coefficient (Wildman–Crippen LogP) is 12.9. The molecule has 0 N–H and O–H groups in total. The molecule has 2 heterocycles. The van der Waals surface area contributed by atoms with Crippen LogP contribution < -0.4 is 0 Å². The van der Waals surface area contributed by atoms with Gasteiger partial charge in [0.05, 0.1) is 33.4 Å². The Bertz CT molecular complexity index is 2750. The van der Waals surface area contributed by atoms with E-state index in [4.69, 9.17) is 0 Å². The third kappa shape index (κ3) is 4.36. The summed E-state index contributed by atoms with van der Waals surface area (Å²) < 4.78 is 4.94. The number of fused-ring (bicyclic) bond motifs is 6. The zero-order chi connectivity index (χ0) is 33.0. The van der Waals surface area contributed by atoms with E-state index in [1.807, 2.05) is 0 Å². The normalized spacial score (nSPS) is 11.6. The number of benzene rings is 8. The maximum Gasteiger partial charge on any atom is 0.0618 e. The highest BCUT2D eigenvalue weighted by Crippen LogP contribution is 2.43. The monoisotopic (exact) mass is 636 g/mol. The predicted molar refractivity (Wildman–Crippen MR) is 211 cm³/mol. The molecule has 0 saturated heterocycles. The molecule has 50 heavy (non-hydrogen) atoms. The fourth-order valence-electron chi connectivity index (χ4n) is 7.96. The fourth-order valence-corrected chi connectivity index (χ4v) is 7.96. The van der Waals surface area contributed by atoms with Crippen molar-refractivity contribution in [2.75, 3.05) is 0 Å². The molecule has 0 fully saturated rings. The van der Waals surface area contributed by atoms with Crippen molar-refractivity contribution in [3.05, 3.63) is 194 Å². The molecule has 0 aliphatic carbocycles. The molecule has 10 aromatic rings. The standard InChI is InChI=1S/C48H32N2/c1-3-16-33(17-4-1)36-31-30-35(32-47(36)49-43-26-11-7-20-39(43)40-21-8-12-27-44(40)49)38-25-15-24-37(34-18-5-2-6-19-34)48(38)50-45-28-13-9-22-41(45)42-23-10-14-29-46(42)50/h1-32H. The molecule has 0 aliphatic rings. The Kier molecular flexibility index (Phi) is 6.53. The molecule has 2 aromatic heterocycles. The summed E-state index contributed by atoms with van der Waals surface area (Å²) in [5, 5.41) is 5.01. The number of hydrogen-bond donors (Lipinski definition) is 0. The number of rotatable bonds is 5. The number of hydrogen-bond acceptors (Lipinski definition) is 0. The van der Waals surface area contributed by atoms with Gasteiger partial charge in [0, 0.05) is 38.2 Å². The Hall–Kier alpha value is -6.64. The zero-order valence-electron chi connectivity index (χ0n) is 27.4. The SMILES string of the molecule is c1ccc(-c2ccc(-c3cccc(-c4ccccc4)c3-n3c4ccccc4c4ccccc43)cc2-n2c3ccccc3c3ccccc32)cc1. The van der Waals surface area contributed by atoms with Crippen molar-refractivity contribution in [1.29, 1.82) is 0 Å². The van der Waals surface area contributed by atoms with Crippen LogP contribution in [0, 0.1) is 0 Å². The van der Waals surface area contributed by atoms with Gasteiger partial charge >= 0.3 is 0 Å². The second kappa shape index (κ2) is 11.5. The lowest BCUT2D eigenvalue weighted by Crippen LogP contribution is -2.02. The largest absolute Gasteiger partial charge is 0.309 e. The molecule has 0 amide bonds. The van der Waals surface area contributed by atoms with Gasteiger partial charge < -0.3 is 9.13 Å². The second-order valence-electron chi connectivity index (χ2n) is 12.9. The summed E-state index contributed by atoms with van der Waals surface area (Å²) in [6.07, 6.45) is 0. The Morgan fingerprint density at radius 3 is 1.16 bits per heavy atom. The third-order valence-electron chi connectivity index (χ3n) is 10.1. The Morgan fingerprint density at radius 2 is 0.660 bits per heavy atom. The van der Waals surface area contributed by atoms with Crippen LogP contribution in [0.2, 0.25) is 0 Å². The molecular formula is C48H32N2. The van der Waals surface area contributed by atoms with Gasteiger partial charge in [0.15, 0.2) is 0 Å². The van der Waals surface area contributed by atoms with E-state index < -0.39 is 0 Å². The van der Waals surface area contributed by atoms with Gasteiger partial charge in [-0.15, -0.1) is 0 Å². The number of para-hydroxylation sites is 5.